The second kappa shape index (κ2) is 6.74. The molecule has 1 unspecified atom stereocenters. The van der Waals surface area contributed by atoms with Gasteiger partial charge in [-0.05, 0) is 30.7 Å². The summed E-state index contributed by atoms with van der Waals surface area (Å²) in [4.78, 5) is 23.5. The lowest BCUT2D eigenvalue weighted by Gasteiger charge is -2.26. The van der Waals surface area contributed by atoms with Gasteiger partial charge in [0.2, 0.25) is 0 Å². The molecule has 126 valence electrons. The van der Waals surface area contributed by atoms with Gasteiger partial charge in [-0.1, -0.05) is 22.0 Å². The van der Waals surface area contributed by atoms with Gasteiger partial charge in [0.15, 0.2) is 5.69 Å². The number of hydrogen-bond donors (Lipinski definition) is 2. The number of halogens is 1. The number of nitrogens with one attached hydrogen (secondary N) is 1. The third-order valence-corrected chi connectivity index (χ3v) is 4.36. The Labute approximate surface area is 146 Å². The number of ether oxygens (including phenoxy) is 1. The van der Waals surface area contributed by atoms with Gasteiger partial charge >= 0.3 is 5.97 Å². The molecule has 0 saturated carbocycles. The minimum atomic E-state index is -0.972. The summed E-state index contributed by atoms with van der Waals surface area (Å²) in [5.41, 5.74) is 0.169. The lowest BCUT2D eigenvalue weighted by Crippen LogP contribution is -2.50. The summed E-state index contributed by atoms with van der Waals surface area (Å²) in [7, 11) is 0. The molecule has 8 heteroatoms. The Balaban J connectivity index is 1.77. The van der Waals surface area contributed by atoms with E-state index >= 15 is 0 Å². The highest BCUT2D eigenvalue weighted by molar-refractivity contribution is 9.10. The fourth-order valence-corrected chi connectivity index (χ4v) is 3.08. The average molecular weight is 394 g/mol. The smallest absolute Gasteiger partial charge is 0.305 e. The van der Waals surface area contributed by atoms with Gasteiger partial charge in [-0.3, -0.25) is 9.59 Å². The summed E-state index contributed by atoms with van der Waals surface area (Å²) in [6.07, 6.45) is 1.98. The normalized spacial score (nSPS) is 20.0. The fraction of sp³-hybridized carbons (Fsp3) is 0.312. The maximum absolute atomic E-state index is 12.5. The summed E-state index contributed by atoms with van der Waals surface area (Å²) in [5, 5.41) is 16.1. The molecule has 0 spiro atoms. The van der Waals surface area contributed by atoms with Gasteiger partial charge in [0.05, 0.1) is 24.3 Å². The highest BCUT2D eigenvalue weighted by Crippen LogP contribution is 2.23. The Bertz CT molecular complexity index is 768. The van der Waals surface area contributed by atoms with Crippen LogP contribution in [0.4, 0.5) is 0 Å². The Morgan fingerprint density at radius 2 is 2.25 bits per heavy atom. The van der Waals surface area contributed by atoms with Crippen molar-refractivity contribution in [2.24, 2.45) is 0 Å². The number of carboxylic acids is 1. The van der Waals surface area contributed by atoms with Crippen molar-refractivity contribution in [3.05, 3.63) is 46.7 Å². The molecule has 7 nitrogen and oxygen atoms in total. The minimum absolute atomic E-state index is 0.176. The second-order valence-corrected chi connectivity index (χ2v) is 6.65. The van der Waals surface area contributed by atoms with Crippen molar-refractivity contribution in [3.8, 4) is 5.69 Å². The Kier molecular flexibility index (Phi) is 4.68. The molecule has 1 aliphatic rings. The van der Waals surface area contributed by atoms with Crippen molar-refractivity contribution in [3.63, 3.8) is 0 Å². The van der Waals surface area contributed by atoms with Crippen molar-refractivity contribution < 1.29 is 19.4 Å². The van der Waals surface area contributed by atoms with Crippen LogP contribution in [0.3, 0.4) is 0 Å². The zero-order valence-corrected chi connectivity index (χ0v) is 14.3. The number of amides is 1. The molecule has 1 fully saturated rings. The highest BCUT2D eigenvalue weighted by Gasteiger charge is 2.39. The van der Waals surface area contributed by atoms with Gasteiger partial charge in [-0.2, -0.15) is 5.10 Å². The number of aliphatic carboxylic acids is 1. The number of carboxylic acid groups (broad SMARTS) is 1. The van der Waals surface area contributed by atoms with Crippen LogP contribution in [0, 0.1) is 0 Å². The predicted molar refractivity (Wildman–Crippen MR) is 89.2 cm³/mol. The van der Waals surface area contributed by atoms with Gasteiger partial charge in [-0.15, -0.1) is 0 Å². The van der Waals surface area contributed by atoms with E-state index in [2.05, 4.69) is 26.3 Å². The number of carbonyl (C=O) groups is 2. The van der Waals surface area contributed by atoms with E-state index in [-0.39, 0.29) is 18.7 Å². The van der Waals surface area contributed by atoms with E-state index in [1.165, 1.54) is 0 Å². The van der Waals surface area contributed by atoms with Crippen LogP contribution < -0.4 is 5.32 Å². The summed E-state index contributed by atoms with van der Waals surface area (Å²) < 4.78 is 7.78. The van der Waals surface area contributed by atoms with E-state index in [1.807, 2.05) is 24.3 Å². The largest absolute Gasteiger partial charge is 0.481 e. The molecule has 3 rings (SSSR count). The molecule has 1 aromatic carbocycles. The molecule has 1 amide bonds. The van der Waals surface area contributed by atoms with E-state index in [0.29, 0.717) is 13.0 Å². The van der Waals surface area contributed by atoms with Crippen molar-refractivity contribution in [1.29, 1.82) is 0 Å². The van der Waals surface area contributed by atoms with Crippen molar-refractivity contribution in [2.75, 3.05) is 13.2 Å². The lowest BCUT2D eigenvalue weighted by atomic mass is 9.94. The first-order valence-corrected chi connectivity index (χ1v) is 8.20. The van der Waals surface area contributed by atoms with Gasteiger partial charge < -0.3 is 15.2 Å². The first-order chi connectivity index (χ1) is 11.5. The second-order valence-electron chi connectivity index (χ2n) is 5.73. The Hall–Kier alpha value is -2.19. The standard InChI is InChI=1S/C16H16BrN3O4/c17-11-2-1-3-12(8-11)20-6-4-13(19-20)15(23)18-16(9-14(21)22)5-7-24-10-16/h1-4,6,8H,5,7,9-10H2,(H,18,23)(H,21,22). The van der Waals surface area contributed by atoms with E-state index in [4.69, 9.17) is 9.84 Å². The monoisotopic (exact) mass is 393 g/mol. The number of benzene rings is 1. The molecule has 2 heterocycles. The molecule has 0 bridgehead atoms. The zero-order chi connectivity index (χ0) is 17.2. The van der Waals surface area contributed by atoms with E-state index in [9.17, 15) is 9.59 Å². The maximum Gasteiger partial charge on any atom is 0.305 e. The van der Waals surface area contributed by atoms with Crippen LogP contribution in [-0.4, -0.2) is 45.5 Å². The number of rotatable bonds is 5. The summed E-state index contributed by atoms with van der Waals surface area (Å²) in [5.74, 6) is -1.38. The third-order valence-electron chi connectivity index (χ3n) is 3.87. The van der Waals surface area contributed by atoms with Crippen LogP contribution >= 0.6 is 15.9 Å². The topological polar surface area (TPSA) is 93.5 Å². The number of nitrogens with zero attached hydrogens (tertiary/aromatic N) is 2. The average Bonchev–Trinajstić information content (AvgIpc) is 3.16. The van der Waals surface area contributed by atoms with Crippen molar-refractivity contribution in [2.45, 2.75) is 18.4 Å². The third kappa shape index (κ3) is 3.65. The van der Waals surface area contributed by atoms with E-state index in [0.717, 1.165) is 10.2 Å². The van der Waals surface area contributed by atoms with Crippen molar-refractivity contribution >= 4 is 27.8 Å². The van der Waals surface area contributed by atoms with Crippen LogP contribution in [0.5, 0.6) is 0 Å². The summed E-state index contributed by atoms with van der Waals surface area (Å²) >= 11 is 3.39. The van der Waals surface area contributed by atoms with Gasteiger partial charge in [-0.25, -0.2) is 4.68 Å². The van der Waals surface area contributed by atoms with Crippen LogP contribution in [-0.2, 0) is 9.53 Å². The van der Waals surface area contributed by atoms with Crippen molar-refractivity contribution in [1.82, 2.24) is 15.1 Å². The molecular weight excluding hydrogens is 378 g/mol. The number of hydrogen-bond acceptors (Lipinski definition) is 4. The molecule has 2 aromatic rings. The summed E-state index contributed by atoms with van der Waals surface area (Å²) in [6.45, 7) is 0.622. The van der Waals surface area contributed by atoms with Crippen LogP contribution in [0.1, 0.15) is 23.3 Å². The molecule has 1 aromatic heterocycles. The number of aromatic nitrogens is 2. The molecule has 0 radical (unpaired) electrons. The summed E-state index contributed by atoms with van der Waals surface area (Å²) in [6, 6.07) is 9.12. The molecule has 1 saturated heterocycles. The Morgan fingerprint density at radius 1 is 1.42 bits per heavy atom. The molecule has 0 aliphatic carbocycles. The predicted octanol–water partition coefficient (Wildman–Crippen LogP) is 2.00. The SMILES string of the molecule is O=C(O)CC1(NC(=O)c2ccn(-c3cccc(Br)c3)n2)CCOC1. The molecule has 1 atom stereocenters. The lowest BCUT2D eigenvalue weighted by molar-refractivity contribution is -0.138. The molecule has 2 N–H and O–H groups in total. The highest BCUT2D eigenvalue weighted by atomic mass is 79.9. The molecular formula is C16H16BrN3O4. The number of carbonyl (C=O) groups excluding carboxylic acids is 1. The van der Waals surface area contributed by atoms with E-state index < -0.39 is 17.4 Å². The quantitative estimate of drug-likeness (QED) is 0.809. The van der Waals surface area contributed by atoms with Crippen LogP contribution in [0.15, 0.2) is 41.0 Å². The van der Waals surface area contributed by atoms with Gasteiger partial charge in [0, 0.05) is 17.3 Å². The minimum Gasteiger partial charge on any atom is -0.481 e. The molecule has 24 heavy (non-hydrogen) atoms. The molecule has 1 aliphatic heterocycles. The van der Waals surface area contributed by atoms with Gasteiger partial charge in [0.1, 0.15) is 0 Å². The first-order valence-electron chi connectivity index (χ1n) is 7.41. The van der Waals surface area contributed by atoms with Crippen LogP contribution in [0.2, 0.25) is 0 Å². The Morgan fingerprint density at radius 3 is 2.92 bits per heavy atom. The first kappa shape index (κ1) is 16.7. The fourth-order valence-electron chi connectivity index (χ4n) is 2.69. The zero-order valence-electron chi connectivity index (χ0n) is 12.7. The van der Waals surface area contributed by atoms with Gasteiger partial charge in [0.25, 0.3) is 5.91 Å². The maximum atomic E-state index is 12.5. The van der Waals surface area contributed by atoms with E-state index in [1.54, 1.807) is 16.9 Å². The van der Waals surface area contributed by atoms with Crippen LogP contribution in [0.25, 0.3) is 5.69 Å².